The van der Waals surface area contributed by atoms with Crippen molar-refractivity contribution in [3.05, 3.63) is 59.7 Å². The predicted molar refractivity (Wildman–Crippen MR) is 83.7 cm³/mol. The number of carbonyl (C=O) groups excluding carboxylic acids is 2. The van der Waals surface area contributed by atoms with Crippen LogP contribution in [0.15, 0.2) is 48.5 Å². The molecule has 0 fully saturated rings. The van der Waals surface area contributed by atoms with E-state index in [0.29, 0.717) is 28.5 Å². The number of ether oxygens (including phenoxy) is 1. The van der Waals surface area contributed by atoms with Crippen molar-refractivity contribution in [3.63, 3.8) is 0 Å². The first-order valence-electron chi connectivity index (χ1n) is 7.52. The van der Waals surface area contributed by atoms with Crippen molar-refractivity contribution in [1.29, 1.82) is 0 Å². The first-order chi connectivity index (χ1) is 11.9. The van der Waals surface area contributed by atoms with Gasteiger partial charge < -0.3 is 14.8 Å². The summed E-state index contributed by atoms with van der Waals surface area (Å²) in [7, 11) is 0. The second-order valence-corrected chi connectivity index (χ2v) is 5.55. The minimum absolute atomic E-state index is 0.415. The summed E-state index contributed by atoms with van der Waals surface area (Å²) in [5, 5.41) is 1.89. The molecule has 0 bridgehead atoms. The third kappa shape index (κ3) is 2.91. The van der Waals surface area contributed by atoms with Gasteiger partial charge in [0.05, 0.1) is 0 Å². The van der Waals surface area contributed by atoms with E-state index in [1.54, 1.807) is 48.5 Å². The largest absolute Gasteiger partial charge is 0.405 e. The number of amides is 1. The molecule has 1 N–H and O–H groups in total. The minimum Gasteiger partial charge on any atom is -0.348 e. The Hall–Kier alpha value is -2.67. The monoisotopic (exact) mass is 349 g/mol. The molecule has 3 rings (SSSR count). The minimum atomic E-state index is -4.56. The lowest BCUT2D eigenvalue weighted by Gasteiger charge is -2.30. The van der Waals surface area contributed by atoms with Gasteiger partial charge in [-0.05, 0) is 11.1 Å². The highest BCUT2D eigenvalue weighted by Gasteiger charge is 2.51. The van der Waals surface area contributed by atoms with Crippen molar-refractivity contribution in [2.24, 2.45) is 0 Å². The molecule has 0 radical (unpaired) electrons. The van der Waals surface area contributed by atoms with Crippen LogP contribution in [0.25, 0.3) is 11.1 Å². The number of benzene rings is 2. The zero-order valence-electron chi connectivity index (χ0n) is 13.0. The van der Waals surface area contributed by atoms with Crippen LogP contribution in [0.5, 0.6) is 0 Å². The number of hydrogen-bond donors (Lipinski definition) is 1. The smallest absolute Gasteiger partial charge is 0.348 e. The Kier molecular flexibility index (Phi) is 4.34. The molecule has 1 aliphatic carbocycles. The van der Waals surface area contributed by atoms with E-state index in [1.807, 2.05) is 5.32 Å². The molecule has 0 spiro atoms. The van der Waals surface area contributed by atoms with E-state index in [9.17, 15) is 22.8 Å². The van der Waals surface area contributed by atoms with Crippen molar-refractivity contribution in [1.82, 2.24) is 5.32 Å². The maximum atomic E-state index is 12.8. The van der Waals surface area contributed by atoms with Gasteiger partial charge in [-0.2, -0.15) is 13.2 Å². The second-order valence-electron chi connectivity index (χ2n) is 5.55. The summed E-state index contributed by atoms with van der Waals surface area (Å²) in [5.74, 6) is -0.955. The van der Waals surface area contributed by atoms with Crippen LogP contribution in [0.1, 0.15) is 11.1 Å². The highest BCUT2D eigenvalue weighted by atomic mass is 19.4. The molecule has 0 saturated heterocycles. The van der Waals surface area contributed by atoms with E-state index in [-0.39, 0.29) is 0 Å². The van der Waals surface area contributed by atoms with Gasteiger partial charge in [-0.1, -0.05) is 48.5 Å². The molecule has 0 aliphatic heterocycles. The molecule has 0 atom stereocenters. The zero-order chi connectivity index (χ0) is 18.1. The fraction of sp³-hybridized carbons (Fsp3) is 0.222. The van der Waals surface area contributed by atoms with Crippen LogP contribution in [-0.2, 0) is 19.9 Å². The fourth-order valence-corrected chi connectivity index (χ4v) is 3.12. The Morgan fingerprint density at radius 1 is 1.04 bits per heavy atom. The van der Waals surface area contributed by atoms with Crippen molar-refractivity contribution in [2.45, 2.75) is 11.8 Å². The molecule has 130 valence electrons. The number of aldehydes is 1. The van der Waals surface area contributed by atoms with Crippen LogP contribution in [0, 0.1) is 0 Å². The summed E-state index contributed by atoms with van der Waals surface area (Å²) in [6.45, 7) is -1.91. The molecule has 4 nitrogen and oxygen atoms in total. The Labute approximate surface area is 141 Å². The number of hydrogen-bond acceptors (Lipinski definition) is 3. The summed E-state index contributed by atoms with van der Waals surface area (Å²) in [6.07, 6.45) is -4.10. The van der Waals surface area contributed by atoms with E-state index in [0.717, 1.165) is 0 Å². The molecule has 2 aromatic rings. The van der Waals surface area contributed by atoms with Gasteiger partial charge in [0.1, 0.15) is 19.4 Å². The molecule has 1 aliphatic rings. The zero-order valence-corrected chi connectivity index (χ0v) is 13.0. The number of fused-ring (bicyclic) bond motifs is 3. The summed E-state index contributed by atoms with van der Waals surface area (Å²) in [6, 6.07) is 13.6. The summed E-state index contributed by atoms with van der Waals surface area (Å²) >= 11 is 0. The third-order valence-electron chi connectivity index (χ3n) is 4.04. The van der Waals surface area contributed by atoms with Crippen LogP contribution >= 0.6 is 0 Å². The van der Waals surface area contributed by atoms with E-state index in [1.165, 1.54) is 0 Å². The van der Waals surface area contributed by atoms with E-state index >= 15 is 0 Å². The molecule has 7 heteroatoms. The molecule has 0 heterocycles. The van der Waals surface area contributed by atoms with Crippen LogP contribution in [0.2, 0.25) is 0 Å². The van der Waals surface area contributed by atoms with Crippen LogP contribution < -0.4 is 5.32 Å². The maximum Gasteiger partial charge on any atom is 0.405 e. The lowest BCUT2D eigenvalue weighted by atomic mass is 9.90. The molecule has 25 heavy (non-hydrogen) atoms. The quantitative estimate of drug-likeness (QED) is 0.845. The topological polar surface area (TPSA) is 55.4 Å². The van der Waals surface area contributed by atoms with Gasteiger partial charge in [0, 0.05) is 11.1 Å². The Morgan fingerprint density at radius 3 is 2.04 bits per heavy atom. The lowest BCUT2D eigenvalue weighted by Crippen LogP contribution is -2.49. The van der Waals surface area contributed by atoms with Crippen molar-refractivity contribution in [2.75, 3.05) is 13.2 Å². The van der Waals surface area contributed by atoms with Crippen LogP contribution in [0.3, 0.4) is 0 Å². The van der Waals surface area contributed by atoms with Gasteiger partial charge in [-0.25, -0.2) is 0 Å². The normalized spacial score (nSPS) is 14.5. The van der Waals surface area contributed by atoms with E-state index in [2.05, 4.69) is 0 Å². The highest BCUT2D eigenvalue weighted by molar-refractivity contribution is 5.99. The summed E-state index contributed by atoms with van der Waals surface area (Å²) in [5.41, 5.74) is 0.409. The molecular formula is C18H14F3NO3. The van der Waals surface area contributed by atoms with Crippen LogP contribution in [-0.4, -0.2) is 31.5 Å². The highest BCUT2D eigenvalue weighted by Crippen LogP contribution is 2.49. The molecule has 0 unspecified atom stereocenters. The van der Waals surface area contributed by atoms with Crippen molar-refractivity contribution in [3.8, 4) is 11.1 Å². The van der Waals surface area contributed by atoms with E-state index < -0.39 is 30.8 Å². The standard InChI is InChI=1S/C18H14F3NO3/c19-17(20,21)11-22-16(24)18(25-10-9-23)14-7-3-1-5-12(14)13-6-2-4-8-15(13)18/h1-9H,10-11H2,(H,22,24). The van der Waals surface area contributed by atoms with Gasteiger partial charge in [0.15, 0.2) is 5.60 Å². The predicted octanol–water partition coefficient (Wildman–Crippen LogP) is 2.80. The fourth-order valence-electron chi connectivity index (χ4n) is 3.12. The van der Waals surface area contributed by atoms with Gasteiger partial charge >= 0.3 is 6.18 Å². The third-order valence-corrected chi connectivity index (χ3v) is 4.04. The second kappa shape index (κ2) is 6.33. The average molecular weight is 349 g/mol. The molecule has 1 amide bonds. The van der Waals surface area contributed by atoms with Gasteiger partial charge in [0.25, 0.3) is 5.91 Å². The Morgan fingerprint density at radius 2 is 1.56 bits per heavy atom. The molecule has 2 aromatic carbocycles. The average Bonchev–Trinajstić information content (AvgIpc) is 2.89. The number of halogens is 3. The Bertz CT molecular complexity index is 772. The van der Waals surface area contributed by atoms with Gasteiger partial charge in [-0.15, -0.1) is 0 Å². The first-order valence-corrected chi connectivity index (χ1v) is 7.52. The number of alkyl halides is 3. The lowest BCUT2D eigenvalue weighted by molar-refractivity contribution is -0.153. The van der Waals surface area contributed by atoms with Crippen molar-refractivity contribution >= 4 is 12.2 Å². The number of rotatable bonds is 5. The number of carbonyl (C=O) groups is 2. The van der Waals surface area contributed by atoms with Crippen molar-refractivity contribution < 1.29 is 27.5 Å². The van der Waals surface area contributed by atoms with Gasteiger partial charge in [0.2, 0.25) is 0 Å². The molecule has 0 aromatic heterocycles. The molecule has 0 saturated carbocycles. The molecular weight excluding hydrogens is 335 g/mol. The van der Waals surface area contributed by atoms with Gasteiger partial charge in [-0.3, -0.25) is 4.79 Å². The first kappa shape index (κ1) is 17.2. The van der Waals surface area contributed by atoms with Crippen LogP contribution in [0.4, 0.5) is 13.2 Å². The summed E-state index contributed by atoms with van der Waals surface area (Å²) in [4.78, 5) is 23.6. The SMILES string of the molecule is O=CCOC1(C(=O)NCC(F)(F)F)c2ccccc2-c2ccccc21. The maximum absolute atomic E-state index is 12.8. The number of nitrogens with one attached hydrogen (secondary N) is 1. The Balaban J connectivity index is 2.14. The van der Waals surface area contributed by atoms with E-state index in [4.69, 9.17) is 4.74 Å². The summed E-state index contributed by atoms with van der Waals surface area (Å²) < 4.78 is 43.3.